The SMILES string of the molecule is C/C(=C\c1csc(C)n1)C1CC2O[C@]2(C)CCC[C@H](C)C(O)[C@@H](C)C(=O)C(C)(C)[C@@H](O)CC(=O)O1. The predicted octanol–water partition coefficient (Wildman–Crippen LogP) is 4.48. The first kappa shape index (κ1) is 28.0. The van der Waals surface area contributed by atoms with Crippen LogP contribution >= 0.6 is 11.3 Å². The fourth-order valence-electron chi connectivity index (χ4n) is 5.07. The van der Waals surface area contributed by atoms with Gasteiger partial charge >= 0.3 is 5.97 Å². The number of carbonyl (C=O) groups is 2. The number of rotatable bonds is 2. The third-order valence-corrected chi connectivity index (χ3v) is 8.72. The molecule has 1 aromatic heterocycles. The molecule has 8 heteroatoms. The van der Waals surface area contributed by atoms with Crippen LogP contribution in [0, 0.1) is 24.2 Å². The third-order valence-electron chi connectivity index (χ3n) is 7.93. The molecule has 0 radical (unpaired) electrons. The quantitative estimate of drug-likeness (QED) is 0.449. The van der Waals surface area contributed by atoms with Gasteiger partial charge in [0.05, 0.1) is 46.5 Å². The van der Waals surface area contributed by atoms with E-state index in [9.17, 15) is 19.8 Å². The zero-order valence-corrected chi connectivity index (χ0v) is 22.9. The van der Waals surface area contributed by atoms with E-state index in [1.165, 1.54) is 0 Å². The maximum Gasteiger partial charge on any atom is 0.309 e. The maximum absolute atomic E-state index is 13.2. The molecule has 196 valence electrons. The molecule has 0 aliphatic carbocycles. The summed E-state index contributed by atoms with van der Waals surface area (Å²) in [6.07, 6.45) is 1.98. The van der Waals surface area contributed by atoms with Crippen LogP contribution in [0.3, 0.4) is 0 Å². The second-order valence-corrected chi connectivity index (χ2v) is 12.3. The van der Waals surface area contributed by atoms with Crippen LogP contribution in [0.1, 0.15) is 84.3 Å². The van der Waals surface area contributed by atoms with E-state index in [0.717, 1.165) is 35.5 Å². The van der Waals surface area contributed by atoms with Gasteiger partial charge < -0.3 is 19.7 Å². The van der Waals surface area contributed by atoms with E-state index >= 15 is 0 Å². The zero-order valence-electron chi connectivity index (χ0n) is 22.0. The van der Waals surface area contributed by atoms with Gasteiger partial charge in [-0.05, 0) is 51.2 Å². The van der Waals surface area contributed by atoms with Crippen molar-refractivity contribution in [3.63, 3.8) is 0 Å². The molecule has 2 saturated heterocycles. The van der Waals surface area contributed by atoms with Crippen molar-refractivity contribution in [2.75, 3.05) is 0 Å². The number of ketones is 1. The molecule has 7 nitrogen and oxygen atoms in total. The summed E-state index contributed by atoms with van der Waals surface area (Å²) >= 11 is 1.56. The molecule has 3 heterocycles. The standard InChI is InChI=1S/C27H41NO6S/c1-15-9-8-10-27(7)22(34-27)12-20(16(2)11-19-14-35-18(4)28-19)33-23(30)13-21(29)26(5,6)25(32)17(3)24(15)31/h11,14-15,17,20-22,24,29,31H,8-10,12-13H2,1-7H3/b16-11+/t15-,17+,20?,21-,22?,24?,27+/m0/s1. The topological polar surface area (TPSA) is 109 Å². The number of hydrogen-bond donors (Lipinski definition) is 2. The third kappa shape index (κ3) is 6.59. The Balaban J connectivity index is 1.85. The second-order valence-electron chi connectivity index (χ2n) is 11.3. The van der Waals surface area contributed by atoms with E-state index in [-0.39, 0.29) is 29.8 Å². The molecule has 2 fully saturated rings. The van der Waals surface area contributed by atoms with Crippen LogP contribution in [0.15, 0.2) is 11.0 Å². The van der Waals surface area contributed by atoms with E-state index in [0.29, 0.717) is 6.42 Å². The van der Waals surface area contributed by atoms with Crippen molar-refractivity contribution < 1.29 is 29.3 Å². The van der Waals surface area contributed by atoms with Crippen LogP contribution in [0.4, 0.5) is 0 Å². The van der Waals surface area contributed by atoms with E-state index in [4.69, 9.17) is 9.47 Å². The highest BCUT2D eigenvalue weighted by Gasteiger charge is 2.53. The number of thiazole rings is 1. The molecule has 3 rings (SSSR count). The fourth-order valence-corrected chi connectivity index (χ4v) is 5.64. The van der Waals surface area contributed by atoms with Crippen molar-refractivity contribution in [1.29, 1.82) is 0 Å². The molecule has 0 amide bonds. The first-order valence-electron chi connectivity index (χ1n) is 12.6. The Bertz CT molecular complexity index is 955. The number of carbonyl (C=O) groups excluding carboxylic acids is 2. The number of hydrogen-bond acceptors (Lipinski definition) is 8. The highest BCUT2D eigenvalue weighted by molar-refractivity contribution is 7.09. The van der Waals surface area contributed by atoms with Crippen molar-refractivity contribution in [2.45, 2.75) is 111 Å². The Hall–Kier alpha value is -1.61. The van der Waals surface area contributed by atoms with Gasteiger partial charge in [0.25, 0.3) is 0 Å². The summed E-state index contributed by atoms with van der Waals surface area (Å²) in [4.78, 5) is 30.6. The number of nitrogens with zero attached hydrogens (tertiary/aromatic N) is 1. The first-order chi connectivity index (χ1) is 16.2. The van der Waals surface area contributed by atoms with Gasteiger partial charge in [0.1, 0.15) is 11.9 Å². The highest BCUT2D eigenvalue weighted by atomic mass is 32.1. The molecule has 1 aromatic rings. The molecule has 2 aliphatic rings. The summed E-state index contributed by atoms with van der Waals surface area (Å²) in [5.74, 6) is -1.55. The fraction of sp³-hybridized carbons (Fsp3) is 0.741. The number of fused-ring (bicyclic) bond motifs is 1. The van der Waals surface area contributed by atoms with Crippen LogP contribution < -0.4 is 0 Å². The van der Waals surface area contributed by atoms with Crippen LogP contribution in [-0.2, 0) is 19.1 Å². The van der Waals surface area contributed by atoms with Gasteiger partial charge in [-0.3, -0.25) is 9.59 Å². The lowest BCUT2D eigenvalue weighted by Crippen LogP contribution is -2.45. The second kappa shape index (κ2) is 10.8. The minimum absolute atomic E-state index is 0.0455. The van der Waals surface area contributed by atoms with Crippen molar-refractivity contribution >= 4 is 29.2 Å². The van der Waals surface area contributed by atoms with Gasteiger partial charge in [-0.15, -0.1) is 11.3 Å². The summed E-state index contributed by atoms with van der Waals surface area (Å²) in [7, 11) is 0. The zero-order chi connectivity index (χ0) is 26.1. The van der Waals surface area contributed by atoms with Gasteiger partial charge in [-0.2, -0.15) is 0 Å². The van der Waals surface area contributed by atoms with Crippen LogP contribution in [0.2, 0.25) is 0 Å². The number of esters is 1. The molecule has 3 unspecified atom stereocenters. The minimum atomic E-state index is -1.23. The largest absolute Gasteiger partial charge is 0.458 e. The Morgan fingerprint density at radius 2 is 1.91 bits per heavy atom. The van der Waals surface area contributed by atoms with Gasteiger partial charge in [-0.25, -0.2) is 4.98 Å². The van der Waals surface area contributed by atoms with Crippen molar-refractivity contribution in [3.05, 3.63) is 21.7 Å². The molecule has 7 atom stereocenters. The molecule has 0 saturated carbocycles. The molecule has 35 heavy (non-hydrogen) atoms. The molecule has 0 spiro atoms. The lowest BCUT2D eigenvalue weighted by Gasteiger charge is -2.34. The minimum Gasteiger partial charge on any atom is -0.458 e. The average molecular weight is 508 g/mol. The lowest BCUT2D eigenvalue weighted by atomic mass is 9.73. The van der Waals surface area contributed by atoms with E-state index in [1.807, 2.05) is 32.2 Å². The summed E-state index contributed by atoms with van der Waals surface area (Å²) < 4.78 is 11.9. The smallest absolute Gasteiger partial charge is 0.309 e. The molecule has 2 aliphatic heterocycles. The van der Waals surface area contributed by atoms with Crippen LogP contribution in [0.25, 0.3) is 6.08 Å². The molecule has 2 N–H and O–H groups in total. The monoisotopic (exact) mass is 507 g/mol. The van der Waals surface area contributed by atoms with Crippen molar-refractivity contribution in [2.24, 2.45) is 17.3 Å². The summed E-state index contributed by atoms with van der Waals surface area (Å²) in [5.41, 5.74) is 0.179. The van der Waals surface area contributed by atoms with E-state index < -0.39 is 35.6 Å². The highest BCUT2D eigenvalue weighted by Crippen LogP contribution is 2.45. The Kier molecular flexibility index (Phi) is 8.62. The van der Waals surface area contributed by atoms with Crippen molar-refractivity contribution in [1.82, 2.24) is 4.98 Å². The maximum atomic E-state index is 13.2. The number of aryl methyl sites for hydroxylation is 1. The van der Waals surface area contributed by atoms with E-state index in [2.05, 4.69) is 11.9 Å². The Labute approximate surface area is 212 Å². The van der Waals surface area contributed by atoms with Crippen LogP contribution in [0.5, 0.6) is 0 Å². The number of Topliss-reactive ketones (excluding diaryl/α,β-unsaturated/α-hetero) is 1. The predicted molar refractivity (Wildman–Crippen MR) is 136 cm³/mol. The first-order valence-corrected chi connectivity index (χ1v) is 13.5. The van der Waals surface area contributed by atoms with E-state index in [1.54, 1.807) is 32.1 Å². The summed E-state index contributed by atoms with van der Waals surface area (Å²) in [6.45, 7) is 12.8. The molecular formula is C27H41NO6S. The summed E-state index contributed by atoms with van der Waals surface area (Å²) in [6, 6.07) is 0. The average Bonchev–Trinajstić information content (AvgIpc) is 3.22. The number of aromatic nitrogens is 1. The van der Waals surface area contributed by atoms with Crippen molar-refractivity contribution in [3.8, 4) is 0 Å². The normalized spacial score (nSPS) is 37.5. The Morgan fingerprint density at radius 3 is 2.54 bits per heavy atom. The van der Waals surface area contributed by atoms with Gasteiger partial charge in [0, 0.05) is 17.7 Å². The molecular weight excluding hydrogens is 466 g/mol. The van der Waals surface area contributed by atoms with Crippen LogP contribution in [-0.4, -0.2) is 57.0 Å². The van der Waals surface area contributed by atoms with Gasteiger partial charge in [0.15, 0.2) is 0 Å². The number of ether oxygens (including phenoxy) is 2. The number of epoxide rings is 1. The molecule has 0 aromatic carbocycles. The number of aliphatic hydroxyl groups is 2. The number of cyclic esters (lactones) is 1. The number of aliphatic hydroxyl groups excluding tert-OH is 2. The summed E-state index contributed by atoms with van der Waals surface area (Å²) in [5, 5.41) is 24.6. The van der Waals surface area contributed by atoms with Gasteiger partial charge in [0.2, 0.25) is 0 Å². The lowest BCUT2D eigenvalue weighted by molar-refractivity contribution is -0.154. The Morgan fingerprint density at radius 1 is 1.23 bits per heavy atom. The molecule has 0 bridgehead atoms. The van der Waals surface area contributed by atoms with Gasteiger partial charge in [-0.1, -0.05) is 34.1 Å².